The zero-order valence-electron chi connectivity index (χ0n) is 9.43. The Morgan fingerprint density at radius 1 is 1.59 bits per heavy atom. The molecule has 1 fully saturated rings. The van der Waals surface area contributed by atoms with Crippen molar-refractivity contribution >= 4 is 34.7 Å². The lowest BCUT2D eigenvalue weighted by molar-refractivity contribution is -0.139. The van der Waals surface area contributed by atoms with Gasteiger partial charge in [0.15, 0.2) is 11.2 Å². The maximum Gasteiger partial charge on any atom is 0.280 e. The minimum atomic E-state index is -1.13. The number of fused-ring (bicyclic) bond motifs is 1. The number of carbonyl (C=O) groups is 3. The molecule has 0 radical (unpaired) electrons. The molecular formula is C10H13N3O3S. The van der Waals surface area contributed by atoms with Crippen molar-refractivity contribution in [2.75, 3.05) is 12.3 Å². The number of amides is 3. The lowest BCUT2D eigenvalue weighted by Crippen LogP contribution is -2.55. The van der Waals surface area contributed by atoms with Gasteiger partial charge in [-0.1, -0.05) is 18.7 Å². The Balaban J connectivity index is 2.11. The fourth-order valence-corrected chi connectivity index (χ4v) is 2.65. The van der Waals surface area contributed by atoms with Gasteiger partial charge in [-0.05, 0) is 6.42 Å². The van der Waals surface area contributed by atoms with E-state index in [4.69, 9.17) is 0 Å². The van der Waals surface area contributed by atoms with Gasteiger partial charge in [0.2, 0.25) is 5.91 Å². The van der Waals surface area contributed by atoms with Crippen molar-refractivity contribution in [2.45, 2.75) is 25.8 Å². The molecule has 1 atom stereocenters. The van der Waals surface area contributed by atoms with Crippen LogP contribution in [0.3, 0.4) is 0 Å². The van der Waals surface area contributed by atoms with Gasteiger partial charge in [-0.3, -0.25) is 19.3 Å². The highest BCUT2D eigenvalue weighted by molar-refractivity contribution is 8.14. The fourth-order valence-electron chi connectivity index (χ4n) is 1.70. The summed E-state index contributed by atoms with van der Waals surface area (Å²) in [6, 6.07) is -1.13. The number of thioether (sulfide) groups is 1. The molecule has 0 aliphatic carbocycles. The summed E-state index contributed by atoms with van der Waals surface area (Å²) in [5.74, 6) is -0.479. The van der Waals surface area contributed by atoms with Gasteiger partial charge in [0.1, 0.15) is 0 Å². The van der Waals surface area contributed by atoms with Crippen molar-refractivity contribution in [3.05, 3.63) is 0 Å². The highest BCUT2D eigenvalue weighted by Crippen LogP contribution is 2.22. The molecule has 2 heterocycles. The van der Waals surface area contributed by atoms with E-state index in [1.165, 1.54) is 16.7 Å². The van der Waals surface area contributed by atoms with Crippen LogP contribution < -0.4 is 5.32 Å². The molecule has 0 aromatic heterocycles. The Morgan fingerprint density at radius 2 is 2.35 bits per heavy atom. The molecule has 0 bridgehead atoms. The van der Waals surface area contributed by atoms with E-state index in [-0.39, 0.29) is 11.8 Å². The van der Waals surface area contributed by atoms with E-state index >= 15 is 0 Å². The van der Waals surface area contributed by atoms with Crippen LogP contribution in [0.5, 0.6) is 0 Å². The highest BCUT2D eigenvalue weighted by atomic mass is 32.2. The van der Waals surface area contributed by atoms with E-state index in [1.807, 2.05) is 6.92 Å². The summed E-state index contributed by atoms with van der Waals surface area (Å²) in [6.07, 6.45) is 0.984. The second-order valence-corrected chi connectivity index (χ2v) is 4.88. The lowest BCUT2D eigenvalue weighted by atomic mass is 10.2. The van der Waals surface area contributed by atoms with Crippen LogP contribution in [0.2, 0.25) is 0 Å². The number of rotatable bonds is 3. The summed E-state index contributed by atoms with van der Waals surface area (Å²) in [5, 5.41) is 2.90. The van der Waals surface area contributed by atoms with Gasteiger partial charge in [-0.2, -0.15) is 4.99 Å². The van der Waals surface area contributed by atoms with Crippen molar-refractivity contribution < 1.29 is 14.4 Å². The van der Waals surface area contributed by atoms with Crippen molar-refractivity contribution in [3.63, 3.8) is 0 Å². The number of amidine groups is 1. The van der Waals surface area contributed by atoms with Crippen LogP contribution in [0.1, 0.15) is 19.8 Å². The van der Waals surface area contributed by atoms with Crippen LogP contribution in [0.25, 0.3) is 0 Å². The largest absolute Gasteiger partial charge is 0.336 e. The van der Waals surface area contributed by atoms with Crippen LogP contribution in [0.4, 0.5) is 0 Å². The molecule has 0 spiro atoms. The van der Waals surface area contributed by atoms with E-state index in [0.717, 1.165) is 5.75 Å². The third-order valence-corrected chi connectivity index (χ3v) is 3.48. The molecule has 17 heavy (non-hydrogen) atoms. The van der Waals surface area contributed by atoms with Gasteiger partial charge in [0.25, 0.3) is 11.8 Å². The van der Waals surface area contributed by atoms with Crippen molar-refractivity contribution in [3.8, 4) is 0 Å². The second kappa shape index (κ2) is 4.87. The van der Waals surface area contributed by atoms with E-state index < -0.39 is 11.9 Å². The topological polar surface area (TPSA) is 78.8 Å². The first-order valence-electron chi connectivity index (χ1n) is 5.49. The predicted molar refractivity (Wildman–Crippen MR) is 63.5 cm³/mol. The van der Waals surface area contributed by atoms with Gasteiger partial charge in [-0.25, -0.2) is 0 Å². The van der Waals surface area contributed by atoms with E-state index in [2.05, 4.69) is 10.3 Å². The molecule has 1 saturated heterocycles. The molecule has 0 aromatic rings. The second-order valence-electron chi connectivity index (χ2n) is 3.82. The first-order valence-corrected chi connectivity index (χ1v) is 6.48. The van der Waals surface area contributed by atoms with Crippen molar-refractivity contribution in [1.29, 1.82) is 0 Å². The third-order valence-electron chi connectivity index (χ3n) is 2.53. The van der Waals surface area contributed by atoms with E-state index in [9.17, 15) is 14.4 Å². The molecule has 2 aliphatic rings. The van der Waals surface area contributed by atoms with Crippen LogP contribution >= 0.6 is 11.8 Å². The molecule has 1 unspecified atom stereocenters. The summed E-state index contributed by atoms with van der Waals surface area (Å²) in [7, 11) is 0. The zero-order valence-corrected chi connectivity index (χ0v) is 10.2. The average molecular weight is 255 g/mol. The number of nitrogens with zero attached hydrogens (tertiary/aromatic N) is 2. The summed E-state index contributed by atoms with van der Waals surface area (Å²) < 4.78 is 0. The standard InChI is InChI=1S/C10H13N3O3S/c1-2-3-6(14)11-7-8(15)12-10-13(9(7)16)4-5-17-10/h7H,2-5H2,1H3,(H,11,14). The summed E-state index contributed by atoms with van der Waals surface area (Å²) in [5.41, 5.74) is 0. The molecular weight excluding hydrogens is 242 g/mol. The Hall–Kier alpha value is -1.37. The Labute approximate surface area is 103 Å². The van der Waals surface area contributed by atoms with Gasteiger partial charge in [-0.15, -0.1) is 0 Å². The molecule has 1 N–H and O–H groups in total. The van der Waals surface area contributed by atoms with Crippen molar-refractivity contribution in [2.24, 2.45) is 4.99 Å². The summed E-state index contributed by atoms with van der Waals surface area (Å²) in [4.78, 5) is 40.3. The third kappa shape index (κ3) is 2.33. The van der Waals surface area contributed by atoms with Crippen LogP contribution in [-0.2, 0) is 14.4 Å². The van der Waals surface area contributed by atoms with E-state index in [0.29, 0.717) is 24.6 Å². The maximum atomic E-state index is 12.0. The number of carbonyl (C=O) groups excluding carboxylic acids is 3. The Kier molecular flexibility index (Phi) is 3.46. The van der Waals surface area contributed by atoms with E-state index in [1.54, 1.807) is 0 Å². The van der Waals surface area contributed by atoms with Gasteiger partial charge >= 0.3 is 0 Å². The molecule has 2 aliphatic heterocycles. The molecule has 7 heteroatoms. The Bertz CT molecular complexity index is 408. The van der Waals surface area contributed by atoms with Crippen LogP contribution in [-0.4, -0.2) is 46.1 Å². The molecule has 0 aromatic carbocycles. The highest BCUT2D eigenvalue weighted by Gasteiger charge is 2.40. The normalized spacial score (nSPS) is 23.5. The monoisotopic (exact) mass is 255 g/mol. The minimum absolute atomic E-state index is 0.287. The number of nitrogens with one attached hydrogen (secondary N) is 1. The minimum Gasteiger partial charge on any atom is -0.336 e. The predicted octanol–water partition coefficient (Wildman–Crippen LogP) is -0.257. The molecule has 3 amide bonds. The molecule has 6 nitrogen and oxygen atoms in total. The first-order chi connectivity index (χ1) is 8.13. The van der Waals surface area contributed by atoms with Crippen LogP contribution in [0, 0.1) is 0 Å². The van der Waals surface area contributed by atoms with Crippen LogP contribution in [0.15, 0.2) is 4.99 Å². The number of hydrogen-bond donors (Lipinski definition) is 1. The lowest BCUT2D eigenvalue weighted by Gasteiger charge is -2.25. The van der Waals surface area contributed by atoms with Gasteiger partial charge < -0.3 is 5.32 Å². The maximum absolute atomic E-state index is 12.0. The molecule has 2 rings (SSSR count). The van der Waals surface area contributed by atoms with Gasteiger partial charge in [0.05, 0.1) is 0 Å². The van der Waals surface area contributed by atoms with Gasteiger partial charge in [0, 0.05) is 18.7 Å². The molecule has 92 valence electrons. The number of aliphatic imine (C=N–C) groups is 1. The first kappa shape index (κ1) is 12.1. The smallest absolute Gasteiger partial charge is 0.280 e. The summed E-state index contributed by atoms with van der Waals surface area (Å²) >= 11 is 1.39. The quantitative estimate of drug-likeness (QED) is 0.705. The van der Waals surface area contributed by atoms with Crippen molar-refractivity contribution in [1.82, 2.24) is 10.2 Å². The summed E-state index contributed by atoms with van der Waals surface area (Å²) in [6.45, 7) is 2.41. The average Bonchev–Trinajstić information content (AvgIpc) is 2.72. The SMILES string of the molecule is CCCC(=O)NC1C(=O)N=C2SCCN2C1=O. The fraction of sp³-hybridized carbons (Fsp3) is 0.600. The Morgan fingerprint density at radius 3 is 3.06 bits per heavy atom. The molecule has 0 saturated carbocycles. The zero-order chi connectivity index (χ0) is 12.4. The number of hydrogen-bond acceptors (Lipinski definition) is 4.